The van der Waals surface area contributed by atoms with Crippen LogP contribution in [0.25, 0.3) is 0 Å². The fourth-order valence-electron chi connectivity index (χ4n) is 1.58. The molecule has 1 aromatic heterocycles. The van der Waals surface area contributed by atoms with Crippen LogP contribution in [0.2, 0.25) is 0 Å². The molecule has 0 fully saturated rings. The van der Waals surface area contributed by atoms with Gasteiger partial charge in [-0.2, -0.15) is 0 Å². The smallest absolute Gasteiger partial charge is 0.307 e. The van der Waals surface area contributed by atoms with E-state index in [2.05, 4.69) is 25.7 Å². The summed E-state index contributed by atoms with van der Waals surface area (Å²) in [6.45, 7) is 3.76. The summed E-state index contributed by atoms with van der Waals surface area (Å²) >= 11 is 3.42. The van der Waals surface area contributed by atoms with Gasteiger partial charge in [0.1, 0.15) is 5.82 Å². The predicted molar refractivity (Wildman–Crippen MR) is 77.4 cm³/mol. The SMILES string of the molecule is COCCN(CCC(=O)OC)c1ccc(Br)c(C)n1. The molecule has 0 unspecified atom stereocenters. The highest BCUT2D eigenvalue weighted by Gasteiger charge is 2.11. The summed E-state index contributed by atoms with van der Waals surface area (Å²) in [5, 5.41) is 0. The fraction of sp³-hybridized carbons (Fsp3) is 0.538. The van der Waals surface area contributed by atoms with Crippen molar-refractivity contribution in [2.24, 2.45) is 0 Å². The number of hydrogen-bond acceptors (Lipinski definition) is 5. The molecule has 1 heterocycles. The molecule has 0 saturated heterocycles. The highest BCUT2D eigenvalue weighted by atomic mass is 79.9. The number of rotatable bonds is 7. The summed E-state index contributed by atoms with van der Waals surface area (Å²) in [5.41, 5.74) is 0.915. The molecule has 0 amide bonds. The lowest BCUT2D eigenvalue weighted by Gasteiger charge is -2.23. The average molecular weight is 331 g/mol. The molecular weight excluding hydrogens is 312 g/mol. The normalized spacial score (nSPS) is 10.3. The van der Waals surface area contributed by atoms with Gasteiger partial charge in [0.15, 0.2) is 0 Å². The van der Waals surface area contributed by atoms with Gasteiger partial charge in [-0.25, -0.2) is 4.98 Å². The number of halogens is 1. The quantitative estimate of drug-likeness (QED) is 0.717. The number of ether oxygens (including phenoxy) is 2. The average Bonchev–Trinajstić information content (AvgIpc) is 2.42. The molecule has 106 valence electrons. The van der Waals surface area contributed by atoms with Crippen LogP contribution in [0.4, 0.5) is 5.82 Å². The highest BCUT2D eigenvalue weighted by Crippen LogP contribution is 2.19. The van der Waals surface area contributed by atoms with E-state index < -0.39 is 0 Å². The van der Waals surface area contributed by atoms with Gasteiger partial charge in [-0.05, 0) is 35.0 Å². The van der Waals surface area contributed by atoms with Gasteiger partial charge in [0.05, 0.1) is 25.8 Å². The molecule has 0 spiro atoms. The number of pyridine rings is 1. The summed E-state index contributed by atoms with van der Waals surface area (Å²) in [6, 6.07) is 3.87. The second-order valence-electron chi connectivity index (χ2n) is 4.04. The van der Waals surface area contributed by atoms with Crippen LogP contribution in [-0.2, 0) is 14.3 Å². The van der Waals surface area contributed by atoms with Gasteiger partial charge in [-0.15, -0.1) is 0 Å². The number of hydrogen-bond donors (Lipinski definition) is 0. The van der Waals surface area contributed by atoms with E-state index in [-0.39, 0.29) is 5.97 Å². The number of nitrogens with zero attached hydrogens (tertiary/aromatic N) is 2. The molecule has 5 nitrogen and oxygen atoms in total. The standard InChI is InChI=1S/C13H19BrN2O3/c1-10-11(14)4-5-12(15-10)16(8-9-18-2)7-6-13(17)19-3/h4-5H,6-9H2,1-3H3. The topological polar surface area (TPSA) is 51.7 Å². The van der Waals surface area contributed by atoms with E-state index in [9.17, 15) is 4.79 Å². The third kappa shape index (κ3) is 5.16. The van der Waals surface area contributed by atoms with Gasteiger partial charge in [-0.1, -0.05) is 0 Å². The van der Waals surface area contributed by atoms with E-state index in [4.69, 9.17) is 4.74 Å². The van der Waals surface area contributed by atoms with Gasteiger partial charge in [0.2, 0.25) is 0 Å². The Kier molecular flexibility index (Phi) is 6.80. The molecule has 1 aromatic rings. The van der Waals surface area contributed by atoms with E-state index >= 15 is 0 Å². The molecule has 1 rings (SSSR count). The maximum absolute atomic E-state index is 11.2. The Morgan fingerprint density at radius 1 is 1.37 bits per heavy atom. The molecule has 0 atom stereocenters. The van der Waals surface area contributed by atoms with Crippen molar-refractivity contribution < 1.29 is 14.3 Å². The van der Waals surface area contributed by atoms with Crippen molar-refractivity contribution in [3.05, 3.63) is 22.3 Å². The monoisotopic (exact) mass is 330 g/mol. The minimum atomic E-state index is -0.226. The second-order valence-corrected chi connectivity index (χ2v) is 4.90. The Labute approximate surface area is 122 Å². The first-order chi connectivity index (χ1) is 9.08. The number of esters is 1. The maximum Gasteiger partial charge on any atom is 0.307 e. The van der Waals surface area contributed by atoms with Crippen molar-refractivity contribution in [1.29, 1.82) is 0 Å². The van der Waals surface area contributed by atoms with Gasteiger partial charge in [0.25, 0.3) is 0 Å². The Balaban J connectivity index is 2.76. The molecule has 19 heavy (non-hydrogen) atoms. The van der Waals surface area contributed by atoms with Crippen molar-refractivity contribution in [3.63, 3.8) is 0 Å². The van der Waals surface area contributed by atoms with Crippen LogP contribution in [0.1, 0.15) is 12.1 Å². The van der Waals surface area contributed by atoms with Gasteiger partial charge >= 0.3 is 5.97 Å². The van der Waals surface area contributed by atoms with Crippen LogP contribution in [0, 0.1) is 6.92 Å². The van der Waals surface area contributed by atoms with Crippen molar-refractivity contribution in [2.45, 2.75) is 13.3 Å². The highest BCUT2D eigenvalue weighted by molar-refractivity contribution is 9.10. The summed E-state index contributed by atoms with van der Waals surface area (Å²) < 4.78 is 10.7. The van der Waals surface area contributed by atoms with E-state index in [0.29, 0.717) is 26.1 Å². The first-order valence-electron chi connectivity index (χ1n) is 6.02. The lowest BCUT2D eigenvalue weighted by Crippen LogP contribution is -2.30. The van der Waals surface area contributed by atoms with E-state index in [1.54, 1.807) is 7.11 Å². The third-order valence-corrected chi connectivity index (χ3v) is 3.55. The largest absolute Gasteiger partial charge is 0.469 e. The van der Waals surface area contributed by atoms with E-state index in [0.717, 1.165) is 16.0 Å². The van der Waals surface area contributed by atoms with Crippen molar-refractivity contribution in [3.8, 4) is 0 Å². The Hall–Kier alpha value is -1.14. The first-order valence-corrected chi connectivity index (χ1v) is 6.81. The van der Waals surface area contributed by atoms with Gasteiger partial charge in [-0.3, -0.25) is 4.79 Å². The second kappa shape index (κ2) is 8.12. The molecule has 0 aromatic carbocycles. The zero-order valence-corrected chi connectivity index (χ0v) is 13.1. The number of carbonyl (C=O) groups excluding carboxylic acids is 1. The number of aromatic nitrogens is 1. The van der Waals surface area contributed by atoms with Crippen molar-refractivity contribution in [1.82, 2.24) is 4.98 Å². The molecule has 6 heteroatoms. The van der Waals surface area contributed by atoms with Crippen LogP contribution < -0.4 is 4.90 Å². The van der Waals surface area contributed by atoms with Crippen molar-refractivity contribution >= 4 is 27.7 Å². The molecular formula is C13H19BrN2O3. The summed E-state index contributed by atoms with van der Waals surface area (Å²) in [5.74, 6) is 0.609. The number of carbonyl (C=O) groups is 1. The fourth-order valence-corrected chi connectivity index (χ4v) is 1.80. The molecule has 0 aliphatic carbocycles. The zero-order chi connectivity index (χ0) is 14.3. The molecule has 0 aliphatic heterocycles. The summed E-state index contributed by atoms with van der Waals surface area (Å²) in [7, 11) is 3.04. The van der Waals surface area contributed by atoms with Crippen molar-refractivity contribution in [2.75, 3.05) is 38.8 Å². The van der Waals surface area contributed by atoms with Crippen LogP contribution in [-0.4, -0.2) is 44.9 Å². The van der Waals surface area contributed by atoms with Gasteiger partial charge in [0, 0.05) is 24.7 Å². The molecule has 0 radical (unpaired) electrons. The third-order valence-electron chi connectivity index (χ3n) is 2.71. The Morgan fingerprint density at radius 2 is 2.11 bits per heavy atom. The molecule has 0 aliphatic rings. The molecule has 0 bridgehead atoms. The van der Waals surface area contributed by atoms with E-state index in [1.165, 1.54) is 7.11 Å². The first kappa shape index (κ1) is 15.9. The number of anilines is 1. The van der Waals surface area contributed by atoms with Crippen LogP contribution >= 0.6 is 15.9 Å². The zero-order valence-electron chi connectivity index (χ0n) is 11.5. The molecule has 0 saturated carbocycles. The van der Waals surface area contributed by atoms with Crippen LogP contribution in [0.3, 0.4) is 0 Å². The Morgan fingerprint density at radius 3 is 2.68 bits per heavy atom. The summed E-state index contributed by atoms with van der Waals surface area (Å²) in [6.07, 6.45) is 0.330. The van der Waals surface area contributed by atoms with Crippen LogP contribution in [0.15, 0.2) is 16.6 Å². The lowest BCUT2D eigenvalue weighted by molar-refractivity contribution is -0.140. The molecule has 0 N–H and O–H groups in total. The number of aryl methyl sites for hydroxylation is 1. The summed E-state index contributed by atoms with van der Waals surface area (Å²) in [4.78, 5) is 17.7. The lowest BCUT2D eigenvalue weighted by atomic mass is 10.3. The van der Waals surface area contributed by atoms with Crippen LogP contribution in [0.5, 0.6) is 0 Å². The number of methoxy groups -OCH3 is 2. The minimum Gasteiger partial charge on any atom is -0.469 e. The predicted octanol–water partition coefficient (Wildman–Crippen LogP) is 2.17. The Bertz CT molecular complexity index is 426. The minimum absolute atomic E-state index is 0.226. The van der Waals surface area contributed by atoms with E-state index in [1.807, 2.05) is 24.0 Å². The van der Waals surface area contributed by atoms with Gasteiger partial charge < -0.3 is 14.4 Å². The maximum atomic E-state index is 11.2.